The fourth-order valence-corrected chi connectivity index (χ4v) is 0.750. The Bertz CT molecular complexity index is 93.1. The van der Waals surface area contributed by atoms with E-state index in [0.717, 1.165) is 0 Å². The summed E-state index contributed by atoms with van der Waals surface area (Å²) in [6.45, 7) is 2.85. The van der Waals surface area contributed by atoms with Gasteiger partial charge in [-0.2, -0.15) is 0 Å². The highest BCUT2D eigenvalue weighted by Gasteiger charge is 2.08. The molecule has 0 aromatic heterocycles. The van der Waals surface area contributed by atoms with Gasteiger partial charge in [-0.15, -0.1) is 0 Å². The first kappa shape index (κ1) is 11.8. The number of hydrogen-bond donors (Lipinski definition) is 1. The standard InChI is InChI=1S/C8H18O4/c1-7(5-10-2)12-6-8(4-9)11-3/h7-9H,4-6H2,1-3H3. The fraction of sp³-hybridized carbons (Fsp3) is 1.00. The van der Waals surface area contributed by atoms with Crippen molar-refractivity contribution >= 4 is 0 Å². The molecule has 0 rings (SSSR count). The second kappa shape index (κ2) is 7.49. The molecule has 2 atom stereocenters. The monoisotopic (exact) mass is 178 g/mol. The number of methoxy groups -OCH3 is 2. The van der Waals surface area contributed by atoms with Gasteiger partial charge in [-0.05, 0) is 6.92 Å². The van der Waals surface area contributed by atoms with E-state index in [0.29, 0.717) is 13.2 Å². The molecule has 74 valence electrons. The predicted molar refractivity (Wildman–Crippen MR) is 45.2 cm³/mol. The number of hydrogen-bond acceptors (Lipinski definition) is 4. The predicted octanol–water partition coefficient (Wildman–Crippen LogP) is 0.0452. The van der Waals surface area contributed by atoms with Gasteiger partial charge in [-0.3, -0.25) is 0 Å². The van der Waals surface area contributed by atoms with Crippen LogP contribution in [0.4, 0.5) is 0 Å². The van der Waals surface area contributed by atoms with Crippen molar-refractivity contribution in [3.63, 3.8) is 0 Å². The minimum Gasteiger partial charge on any atom is -0.394 e. The van der Waals surface area contributed by atoms with Crippen molar-refractivity contribution in [2.45, 2.75) is 19.1 Å². The maximum absolute atomic E-state index is 8.73. The molecule has 4 nitrogen and oxygen atoms in total. The summed E-state index contributed by atoms with van der Waals surface area (Å²) in [5.74, 6) is 0. The molecule has 0 aliphatic rings. The summed E-state index contributed by atoms with van der Waals surface area (Å²) in [4.78, 5) is 0. The van der Waals surface area contributed by atoms with Crippen LogP contribution in [-0.4, -0.2) is 51.4 Å². The lowest BCUT2D eigenvalue weighted by molar-refractivity contribution is -0.0593. The number of aliphatic hydroxyl groups is 1. The molecule has 0 bridgehead atoms. The van der Waals surface area contributed by atoms with Crippen molar-refractivity contribution in [1.82, 2.24) is 0 Å². The van der Waals surface area contributed by atoms with Gasteiger partial charge in [-0.1, -0.05) is 0 Å². The summed E-state index contributed by atoms with van der Waals surface area (Å²) >= 11 is 0. The summed E-state index contributed by atoms with van der Waals surface area (Å²) in [6, 6.07) is 0. The van der Waals surface area contributed by atoms with Crippen LogP contribution in [0, 0.1) is 0 Å². The number of ether oxygens (including phenoxy) is 3. The van der Waals surface area contributed by atoms with E-state index in [4.69, 9.17) is 19.3 Å². The Labute approximate surface area is 73.4 Å². The third-order valence-corrected chi connectivity index (χ3v) is 1.50. The molecule has 2 unspecified atom stereocenters. The lowest BCUT2D eigenvalue weighted by Crippen LogP contribution is -2.26. The van der Waals surface area contributed by atoms with Crippen LogP contribution in [0.1, 0.15) is 6.92 Å². The molecule has 0 aliphatic heterocycles. The van der Waals surface area contributed by atoms with Gasteiger partial charge in [0.1, 0.15) is 6.10 Å². The number of aliphatic hydroxyl groups excluding tert-OH is 1. The van der Waals surface area contributed by atoms with Crippen molar-refractivity contribution < 1.29 is 19.3 Å². The van der Waals surface area contributed by atoms with Gasteiger partial charge in [-0.25, -0.2) is 0 Å². The van der Waals surface area contributed by atoms with Crippen LogP contribution in [-0.2, 0) is 14.2 Å². The molecule has 0 aliphatic carbocycles. The Hall–Kier alpha value is -0.160. The zero-order valence-electron chi connectivity index (χ0n) is 7.95. The molecule has 0 heterocycles. The van der Waals surface area contributed by atoms with E-state index >= 15 is 0 Å². The second-order valence-corrected chi connectivity index (χ2v) is 2.64. The van der Waals surface area contributed by atoms with Gasteiger partial charge in [0.15, 0.2) is 0 Å². The molecular formula is C8H18O4. The molecule has 12 heavy (non-hydrogen) atoms. The van der Waals surface area contributed by atoms with E-state index in [1.54, 1.807) is 14.2 Å². The first-order valence-electron chi connectivity index (χ1n) is 3.98. The van der Waals surface area contributed by atoms with E-state index in [2.05, 4.69) is 0 Å². The Morgan fingerprint density at radius 1 is 1.25 bits per heavy atom. The molecule has 0 aromatic rings. The average Bonchev–Trinajstić information content (AvgIpc) is 2.07. The summed E-state index contributed by atoms with van der Waals surface area (Å²) in [6.07, 6.45) is -0.191. The largest absolute Gasteiger partial charge is 0.394 e. The summed E-state index contributed by atoms with van der Waals surface area (Å²) in [5.41, 5.74) is 0. The molecule has 0 radical (unpaired) electrons. The maximum atomic E-state index is 8.73. The molecule has 0 saturated heterocycles. The SMILES string of the molecule is COCC(C)OCC(CO)OC. The Morgan fingerprint density at radius 3 is 2.33 bits per heavy atom. The quantitative estimate of drug-likeness (QED) is 0.598. The highest BCUT2D eigenvalue weighted by atomic mass is 16.6. The smallest absolute Gasteiger partial charge is 0.103 e. The van der Waals surface area contributed by atoms with Crippen molar-refractivity contribution in [1.29, 1.82) is 0 Å². The Morgan fingerprint density at radius 2 is 1.92 bits per heavy atom. The minimum atomic E-state index is -0.232. The molecule has 0 spiro atoms. The molecule has 4 heteroatoms. The summed E-state index contributed by atoms with van der Waals surface area (Å²) < 4.78 is 15.1. The maximum Gasteiger partial charge on any atom is 0.103 e. The lowest BCUT2D eigenvalue weighted by atomic mass is 10.4. The third-order valence-electron chi connectivity index (χ3n) is 1.50. The van der Waals surface area contributed by atoms with Crippen molar-refractivity contribution in [3.05, 3.63) is 0 Å². The second-order valence-electron chi connectivity index (χ2n) is 2.64. The van der Waals surface area contributed by atoms with Crippen LogP contribution in [0.3, 0.4) is 0 Å². The molecule has 0 saturated carbocycles. The van der Waals surface area contributed by atoms with Gasteiger partial charge < -0.3 is 19.3 Å². The molecular weight excluding hydrogens is 160 g/mol. The first-order valence-corrected chi connectivity index (χ1v) is 3.98. The highest BCUT2D eigenvalue weighted by molar-refractivity contribution is 4.54. The van der Waals surface area contributed by atoms with Gasteiger partial charge in [0.05, 0.1) is 25.9 Å². The van der Waals surface area contributed by atoms with E-state index < -0.39 is 0 Å². The zero-order chi connectivity index (χ0) is 9.40. The van der Waals surface area contributed by atoms with Crippen LogP contribution < -0.4 is 0 Å². The van der Waals surface area contributed by atoms with E-state index in [1.807, 2.05) is 6.92 Å². The minimum absolute atomic E-state index is 0.0177. The molecule has 1 N–H and O–H groups in total. The molecule has 0 fully saturated rings. The highest BCUT2D eigenvalue weighted by Crippen LogP contribution is 1.95. The average molecular weight is 178 g/mol. The van der Waals surface area contributed by atoms with Gasteiger partial charge >= 0.3 is 0 Å². The first-order chi connectivity index (χ1) is 5.74. The molecule has 0 aromatic carbocycles. The normalized spacial score (nSPS) is 16.0. The van der Waals surface area contributed by atoms with Gasteiger partial charge in [0.2, 0.25) is 0 Å². The Balaban J connectivity index is 3.37. The van der Waals surface area contributed by atoms with Gasteiger partial charge in [0.25, 0.3) is 0 Å². The van der Waals surface area contributed by atoms with E-state index in [1.165, 1.54) is 0 Å². The van der Waals surface area contributed by atoms with Crippen LogP contribution in [0.15, 0.2) is 0 Å². The van der Waals surface area contributed by atoms with Crippen LogP contribution in [0.5, 0.6) is 0 Å². The molecule has 0 amide bonds. The van der Waals surface area contributed by atoms with Crippen molar-refractivity contribution in [2.75, 3.05) is 34.0 Å². The lowest BCUT2D eigenvalue weighted by Gasteiger charge is -2.16. The van der Waals surface area contributed by atoms with Gasteiger partial charge in [0, 0.05) is 14.2 Å². The third kappa shape index (κ3) is 5.49. The van der Waals surface area contributed by atoms with E-state index in [-0.39, 0.29) is 18.8 Å². The summed E-state index contributed by atoms with van der Waals surface area (Å²) in [7, 11) is 3.17. The van der Waals surface area contributed by atoms with Crippen molar-refractivity contribution in [2.24, 2.45) is 0 Å². The van der Waals surface area contributed by atoms with Crippen LogP contribution >= 0.6 is 0 Å². The summed E-state index contributed by atoms with van der Waals surface area (Å²) in [5, 5.41) is 8.73. The zero-order valence-corrected chi connectivity index (χ0v) is 7.95. The fourth-order valence-electron chi connectivity index (χ4n) is 0.750. The van der Waals surface area contributed by atoms with Crippen LogP contribution in [0.2, 0.25) is 0 Å². The Kier molecular flexibility index (Phi) is 7.39. The topological polar surface area (TPSA) is 47.9 Å². The van der Waals surface area contributed by atoms with E-state index in [9.17, 15) is 0 Å². The number of rotatable bonds is 7. The van der Waals surface area contributed by atoms with Crippen LogP contribution in [0.25, 0.3) is 0 Å². The van der Waals surface area contributed by atoms with Crippen molar-refractivity contribution in [3.8, 4) is 0 Å².